The molecule has 0 aliphatic carbocycles. The second-order valence-corrected chi connectivity index (χ2v) is 8.15. The maximum atomic E-state index is 12.3. The van der Waals surface area contributed by atoms with Gasteiger partial charge in [0.05, 0.1) is 6.10 Å². The Morgan fingerprint density at radius 2 is 1.93 bits per heavy atom. The van der Waals surface area contributed by atoms with E-state index in [9.17, 15) is 4.79 Å². The van der Waals surface area contributed by atoms with Crippen molar-refractivity contribution in [3.63, 3.8) is 0 Å². The lowest BCUT2D eigenvalue weighted by molar-refractivity contribution is 0.0858. The van der Waals surface area contributed by atoms with Gasteiger partial charge in [-0.05, 0) is 42.7 Å². The molecule has 2 aliphatic heterocycles. The molecule has 142 valence electrons. The third-order valence-corrected chi connectivity index (χ3v) is 6.02. The molecule has 6 heteroatoms. The summed E-state index contributed by atoms with van der Waals surface area (Å²) in [5, 5.41) is 2.96. The molecule has 2 aliphatic rings. The van der Waals surface area contributed by atoms with E-state index in [1.54, 1.807) is 0 Å². The van der Waals surface area contributed by atoms with Crippen LogP contribution < -0.4 is 10.2 Å². The Morgan fingerprint density at radius 3 is 2.59 bits per heavy atom. The molecule has 1 aromatic carbocycles. The Morgan fingerprint density at radius 1 is 1.15 bits per heavy atom. The fourth-order valence-electron chi connectivity index (χ4n) is 3.46. The van der Waals surface area contributed by atoms with Crippen LogP contribution in [0, 0.1) is 0 Å². The molecule has 1 N–H and O–H groups in total. The highest BCUT2D eigenvalue weighted by atomic mass is 32.2. The number of ether oxygens (including phenoxy) is 1. The molecule has 2 fully saturated rings. The van der Waals surface area contributed by atoms with Gasteiger partial charge in [0, 0.05) is 55.1 Å². The van der Waals surface area contributed by atoms with Gasteiger partial charge in [0.15, 0.2) is 0 Å². The van der Waals surface area contributed by atoms with Crippen molar-refractivity contribution in [3.05, 3.63) is 48.2 Å². The average Bonchev–Trinajstić information content (AvgIpc) is 3.27. The fourth-order valence-corrected chi connectivity index (χ4v) is 4.37. The smallest absolute Gasteiger partial charge is 0.251 e. The molecule has 5 nitrogen and oxygen atoms in total. The van der Waals surface area contributed by atoms with Crippen molar-refractivity contribution >= 4 is 23.5 Å². The molecule has 1 atom stereocenters. The molecule has 0 unspecified atom stereocenters. The third kappa shape index (κ3) is 4.62. The first-order valence-electron chi connectivity index (χ1n) is 9.58. The van der Waals surface area contributed by atoms with Gasteiger partial charge in [0.1, 0.15) is 5.82 Å². The number of nitrogens with zero attached hydrogens (tertiary/aromatic N) is 2. The number of carbonyl (C=O) groups excluding carboxylic acids is 1. The molecule has 4 rings (SSSR count). The minimum atomic E-state index is -0.0477. The highest BCUT2D eigenvalue weighted by Gasteiger charge is 2.17. The number of amides is 1. The lowest BCUT2D eigenvalue weighted by Crippen LogP contribution is -2.32. The first-order valence-corrected chi connectivity index (χ1v) is 10.7. The van der Waals surface area contributed by atoms with Crippen molar-refractivity contribution in [2.75, 3.05) is 42.6 Å². The number of aromatic nitrogens is 1. The number of rotatable bonds is 5. The number of nitrogens with one attached hydrogen (secondary N) is 1. The van der Waals surface area contributed by atoms with Crippen molar-refractivity contribution in [2.24, 2.45) is 0 Å². The van der Waals surface area contributed by atoms with Gasteiger partial charge < -0.3 is 15.0 Å². The predicted molar refractivity (Wildman–Crippen MR) is 111 cm³/mol. The van der Waals surface area contributed by atoms with Crippen LogP contribution in [0.25, 0.3) is 11.1 Å². The van der Waals surface area contributed by atoms with Crippen molar-refractivity contribution in [3.8, 4) is 11.1 Å². The Labute approximate surface area is 164 Å². The van der Waals surface area contributed by atoms with Crippen molar-refractivity contribution in [1.82, 2.24) is 10.3 Å². The molecule has 3 heterocycles. The van der Waals surface area contributed by atoms with Gasteiger partial charge in [-0.1, -0.05) is 12.1 Å². The van der Waals surface area contributed by atoms with Gasteiger partial charge in [0.25, 0.3) is 5.91 Å². The molecule has 1 amide bonds. The van der Waals surface area contributed by atoms with E-state index in [4.69, 9.17) is 4.74 Å². The monoisotopic (exact) mass is 383 g/mol. The van der Waals surface area contributed by atoms with Crippen LogP contribution in [0.15, 0.2) is 42.6 Å². The summed E-state index contributed by atoms with van der Waals surface area (Å²) in [5.41, 5.74) is 2.81. The zero-order valence-electron chi connectivity index (χ0n) is 15.4. The van der Waals surface area contributed by atoms with Gasteiger partial charge in [-0.3, -0.25) is 4.79 Å². The van der Waals surface area contributed by atoms with Gasteiger partial charge in [-0.2, -0.15) is 11.8 Å². The van der Waals surface area contributed by atoms with E-state index >= 15 is 0 Å². The average molecular weight is 384 g/mol. The van der Waals surface area contributed by atoms with Crippen molar-refractivity contribution < 1.29 is 9.53 Å². The standard InChI is InChI=1S/C21H25N3O2S/c25-21(23-15-19-2-1-11-26-19)17-5-3-16(4-6-17)18-7-8-20(22-14-18)24-9-12-27-13-10-24/h3-8,14,19H,1-2,9-13,15H2,(H,23,25)/t19-/m1/s1. The summed E-state index contributed by atoms with van der Waals surface area (Å²) in [7, 11) is 0. The van der Waals surface area contributed by atoms with Crippen LogP contribution >= 0.6 is 11.8 Å². The molecule has 0 saturated carbocycles. The maximum absolute atomic E-state index is 12.3. The molecule has 2 saturated heterocycles. The lowest BCUT2D eigenvalue weighted by atomic mass is 10.1. The van der Waals surface area contributed by atoms with E-state index in [0.717, 1.165) is 49.5 Å². The minimum absolute atomic E-state index is 0.0477. The zero-order chi connectivity index (χ0) is 18.5. The van der Waals surface area contributed by atoms with E-state index in [2.05, 4.69) is 27.3 Å². The highest BCUT2D eigenvalue weighted by Crippen LogP contribution is 2.23. The molecular formula is C21H25N3O2S. The molecule has 0 bridgehead atoms. The van der Waals surface area contributed by atoms with Gasteiger partial charge >= 0.3 is 0 Å². The van der Waals surface area contributed by atoms with E-state index in [1.807, 2.05) is 42.2 Å². The quantitative estimate of drug-likeness (QED) is 0.859. The number of carbonyl (C=O) groups is 1. The largest absolute Gasteiger partial charge is 0.376 e. The van der Waals surface area contributed by atoms with Crippen LogP contribution in [0.4, 0.5) is 5.82 Å². The Balaban J connectivity index is 1.37. The zero-order valence-corrected chi connectivity index (χ0v) is 16.2. The summed E-state index contributed by atoms with van der Waals surface area (Å²) >= 11 is 2.00. The lowest BCUT2D eigenvalue weighted by Gasteiger charge is -2.27. The summed E-state index contributed by atoms with van der Waals surface area (Å²) in [6.45, 7) is 3.51. The SMILES string of the molecule is O=C(NC[C@H]1CCCO1)c1ccc(-c2ccc(N3CCSCC3)nc2)cc1. The van der Waals surface area contributed by atoms with Crippen LogP contribution in [0.1, 0.15) is 23.2 Å². The number of thioether (sulfide) groups is 1. The topological polar surface area (TPSA) is 54.5 Å². The first kappa shape index (κ1) is 18.3. The van der Waals surface area contributed by atoms with Gasteiger partial charge in [-0.15, -0.1) is 0 Å². The summed E-state index contributed by atoms with van der Waals surface area (Å²) in [6.07, 6.45) is 4.19. The third-order valence-electron chi connectivity index (χ3n) is 5.08. The van der Waals surface area contributed by atoms with E-state index < -0.39 is 0 Å². The minimum Gasteiger partial charge on any atom is -0.376 e. The molecule has 27 heavy (non-hydrogen) atoms. The van der Waals surface area contributed by atoms with Crippen LogP contribution in [0.3, 0.4) is 0 Å². The second kappa shape index (κ2) is 8.76. The van der Waals surface area contributed by atoms with Crippen molar-refractivity contribution in [2.45, 2.75) is 18.9 Å². The fraction of sp³-hybridized carbons (Fsp3) is 0.429. The predicted octanol–water partition coefficient (Wildman–Crippen LogP) is 3.21. The first-order chi connectivity index (χ1) is 13.3. The number of anilines is 1. The molecule has 1 aromatic heterocycles. The van der Waals surface area contributed by atoms with E-state index in [-0.39, 0.29) is 12.0 Å². The van der Waals surface area contributed by atoms with E-state index in [1.165, 1.54) is 11.5 Å². The summed E-state index contributed by atoms with van der Waals surface area (Å²) in [5.74, 6) is 3.33. The summed E-state index contributed by atoms with van der Waals surface area (Å²) < 4.78 is 5.54. The van der Waals surface area contributed by atoms with Gasteiger partial charge in [0.2, 0.25) is 0 Å². The number of hydrogen-bond donors (Lipinski definition) is 1. The van der Waals surface area contributed by atoms with Crippen LogP contribution in [0.5, 0.6) is 0 Å². The number of hydrogen-bond acceptors (Lipinski definition) is 5. The van der Waals surface area contributed by atoms with Crippen molar-refractivity contribution in [1.29, 1.82) is 0 Å². The Kier molecular flexibility index (Phi) is 5.94. The summed E-state index contributed by atoms with van der Waals surface area (Å²) in [4.78, 5) is 19.3. The second-order valence-electron chi connectivity index (χ2n) is 6.93. The normalized spacial score (nSPS) is 19.9. The Hall–Kier alpha value is -2.05. The highest BCUT2D eigenvalue weighted by molar-refractivity contribution is 7.99. The molecule has 0 spiro atoms. The summed E-state index contributed by atoms with van der Waals surface area (Å²) in [6, 6.07) is 11.9. The Bertz CT molecular complexity index is 752. The van der Waals surface area contributed by atoms with Gasteiger partial charge in [-0.25, -0.2) is 4.98 Å². The van der Waals surface area contributed by atoms with Crippen LogP contribution in [-0.4, -0.2) is 54.7 Å². The molecule has 0 radical (unpaired) electrons. The van der Waals surface area contributed by atoms with Crippen LogP contribution in [-0.2, 0) is 4.74 Å². The molecular weight excluding hydrogens is 358 g/mol. The number of benzene rings is 1. The van der Waals surface area contributed by atoms with Crippen LogP contribution in [0.2, 0.25) is 0 Å². The maximum Gasteiger partial charge on any atom is 0.251 e. The molecule has 2 aromatic rings. The number of pyridine rings is 1. The van der Waals surface area contributed by atoms with E-state index in [0.29, 0.717) is 12.1 Å².